The van der Waals surface area contributed by atoms with Crippen LogP contribution in [0.15, 0.2) is 4.52 Å². The smallest absolute Gasteiger partial charge is 0.168 e. The van der Waals surface area contributed by atoms with Gasteiger partial charge in [-0.25, -0.2) is 0 Å². The molecule has 0 amide bonds. The monoisotopic (exact) mass is 153 g/mol. The third-order valence-corrected chi connectivity index (χ3v) is 1.63. The van der Waals surface area contributed by atoms with E-state index in [9.17, 15) is 4.79 Å². The molecule has 0 atom stereocenters. The largest absolute Gasteiger partial charge is 0.361 e. The minimum Gasteiger partial charge on any atom is -0.361 e. The number of aryl methyl sites for hydroxylation is 2. The summed E-state index contributed by atoms with van der Waals surface area (Å²) in [4.78, 5) is 11.2. The molecule has 3 heteroatoms. The van der Waals surface area contributed by atoms with Crippen LogP contribution in [0.25, 0.3) is 0 Å². The zero-order valence-electron chi connectivity index (χ0n) is 6.97. The van der Waals surface area contributed by atoms with Crippen molar-refractivity contribution >= 4 is 5.78 Å². The summed E-state index contributed by atoms with van der Waals surface area (Å²) in [5.74, 6) is 0.718. The lowest BCUT2D eigenvalue weighted by atomic mass is 10.1. The Morgan fingerprint density at radius 2 is 2.18 bits per heavy atom. The fourth-order valence-electron chi connectivity index (χ4n) is 1.06. The van der Waals surface area contributed by atoms with E-state index < -0.39 is 0 Å². The average molecular weight is 153 g/mol. The second-order valence-corrected chi connectivity index (χ2v) is 2.48. The van der Waals surface area contributed by atoms with Crippen molar-refractivity contribution in [2.75, 3.05) is 0 Å². The van der Waals surface area contributed by atoms with E-state index in [1.54, 1.807) is 13.8 Å². The van der Waals surface area contributed by atoms with Gasteiger partial charge in [0.05, 0.1) is 11.3 Å². The molecule has 0 aromatic carbocycles. The summed E-state index contributed by atoms with van der Waals surface area (Å²) in [5, 5.41) is 3.69. The van der Waals surface area contributed by atoms with Gasteiger partial charge < -0.3 is 4.52 Å². The van der Waals surface area contributed by atoms with Crippen molar-refractivity contribution < 1.29 is 9.32 Å². The average Bonchev–Trinajstić information content (AvgIpc) is 2.30. The van der Waals surface area contributed by atoms with Crippen LogP contribution in [0.4, 0.5) is 0 Å². The summed E-state index contributed by atoms with van der Waals surface area (Å²) in [6.45, 7) is 5.36. The predicted molar refractivity (Wildman–Crippen MR) is 40.6 cm³/mol. The molecule has 0 N–H and O–H groups in total. The molecule has 0 aliphatic heterocycles. The van der Waals surface area contributed by atoms with E-state index in [2.05, 4.69) is 5.16 Å². The molecule has 3 nitrogen and oxygen atoms in total. The van der Waals surface area contributed by atoms with Crippen LogP contribution in [-0.2, 0) is 0 Å². The number of nitrogens with zero attached hydrogens (tertiary/aromatic N) is 1. The summed E-state index contributed by atoms with van der Waals surface area (Å²) >= 11 is 0. The predicted octanol–water partition coefficient (Wildman–Crippen LogP) is 1.88. The van der Waals surface area contributed by atoms with Gasteiger partial charge in [0.1, 0.15) is 5.76 Å². The third kappa shape index (κ3) is 1.31. The van der Waals surface area contributed by atoms with Gasteiger partial charge in [0, 0.05) is 6.42 Å². The van der Waals surface area contributed by atoms with Gasteiger partial charge in [-0.3, -0.25) is 4.79 Å². The van der Waals surface area contributed by atoms with Gasteiger partial charge in [-0.2, -0.15) is 0 Å². The standard InChI is InChI=1S/C8H11NO2/c1-4-7(10)8-5(2)9-11-6(8)3/h4H2,1-3H3. The number of ketones is 1. The molecule has 0 saturated heterocycles. The molecule has 1 heterocycles. The Morgan fingerprint density at radius 1 is 1.55 bits per heavy atom. The highest BCUT2D eigenvalue weighted by atomic mass is 16.5. The minimum absolute atomic E-state index is 0.0984. The van der Waals surface area contributed by atoms with Crippen LogP contribution in [0.2, 0.25) is 0 Å². The van der Waals surface area contributed by atoms with Gasteiger partial charge in [-0.1, -0.05) is 12.1 Å². The summed E-state index contributed by atoms with van der Waals surface area (Å²) in [7, 11) is 0. The van der Waals surface area contributed by atoms with Gasteiger partial charge in [-0.05, 0) is 13.8 Å². The van der Waals surface area contributed by atoms with Crippen molar-refractivity contribution in [2.45, 2.75) is 27.2 Å². The van der Waals surface area contributed by atoms with Crippen molar-refractivity contribution in [3.8, 4) is 0 Å². The van der Waals surface area contributed by atoms with Gasteiger partial charge in [0.25, 0.3) is 0 Å². The normalized spacial score (nSPS) is 10.1. The molecule has 0 unspecified atom stereocenters. The molecule has 0 radical (unpaired) electrons. The molecule has 11 heavy (non-hydrogen) atoms. The molecule has 60 valence electrons. The fourth-order valence-corrected chi connectivity index (χ4v) is 1.06. The third-order valence-electron chi connectivity index (χ3n) is 1.63. The Hall–Kier alpha value is -1.12. The lowest BCUT2D eigenvalue weighted by Crippen LogP contribution is -1.98. The van der Waals surface area contributed by atoms with Crippen molar-refractivity contribution in [3.63, 3.8) is 0 Å². The van der Waals surface area contributed by atoms with Gasteiger partial charge in [-0.15, -0.1) is 0 Å². The van der Waals surface area contributed by atoms with Crippen LogP contribution >= 0.6 is 0 Å². The Morgan fingerprint density at radius 3 is 2.55 bits per heavy atom. The number of aromatic nitrogens is 1. The van der Waals surface area contributed by atoms with Crippen LogP contribution in [0, 0.1) is 13.8 Å². The van der Waals surface area contributed by atoms with E-state index in [0.717, 1.165) is 0 Å². The number of rotatable bonds is 2. The highest BCUT2D eigenvalue weighted by molar-refractivity contribution is 5.97. The molecule has 1 aromatic rings. The maximum Gasteiger partial charge on any atom is 0.168 e. The first kappa shape index (κ1) is 7.98. The Bertz CT molecular complexity index is 256. The topological polar surface area (TPSA) is 43.1 Å². The van der Waals surface area contributed by atoms with Crippen molar-refractivity contribution in [2.24, 2.45) is 0 Å². The Kier molecular flexibility index (Phi) is 2.08. The highest BCUT2D eigenvalue weighted by Crippen LogP contribution is 2.13. The SMILES string of the molecule is CCC(=O)c1c(C)noc1C. The molecule has 0 fully saturated rings. The molecule has 0 spiro atoms. The fraction of sp³-hybridized carbons (Fsp3) is 0.500. The molecule has 0 bridgehead atoms. The van der Waals surface area contributed by atoms with Crippen molar-refractivity contribution in [3.05, 3.63) is 17.0 Å². The molecule has 0 aliphatic rings. The van der Waals surface area contributed by atoms with Crippen LogP contribution in [-0.4, -0.2) is 10.9 Å². The lowest BCUT2D eigenvalue weighted by Gasteiger charge is -1.92. The summed E-state index contributed by atoms with van der Waals surface area (Å²) in [6, 6.07) is 0. The van der Waals surface area contributed by atoms with E-state index in [4.69, 9.17) is 4.52 Å². The zero-order valence-corrected chi connectivity index (χ0v) is 6.97. The van der Waals surface area contributed by atoms with E-state index in [1.807, 2.05) is 6.92 Å². The number of hydrogen-bond donors (Lipinski definition) is 0. The number of carbonyl (C=O) groups is 1. The summed E-state index contributed by atoms with van der Waals surface area (Å²) in [6.07, 6.45) is 0.503. The number of hydrogen-bond acceptors (Lipinski definition) is 3. The Balaban J connectivity index is 3.10. The van der Waals surface area contributed by atoms with E-state index in [-0.39, 0.29) is 5.78 Å². The van der Waals surface area contributed by atoms with Crippen LogP contribution in [0.5, 0.6) is 0 Å². The number of carbonyl (C=O) groups excluding carboxylic acids is 1. The van der Waals surface area contributed by atoms with E-state index in [0.29, 0.717) is 23.4 Å². The van der Waals surface area contributed by atoms with Crippen LogP contribution in [0.1, 0.15) is 35.2 Å². The first-order chi connectivity index (χ1) is 5.16. The minimum atomic E-state index is 0.0984. The zero-order chi connectivity index (χ0) is 8.43. The molecule has 1 aromatic heterocycles. The molecule has 0 saturated carbocycles. The maximum atomic E-state index is 11.2. The summed E-state index contributed by atoms with van der Waals surface area (Å²) in [5.41, 5.74) is 1.34. The molecular formula is C8H11NO2. The van der Waals surface area contributed by atoms with Gasteiger partial charge in [0.2, 0.25) is 0 Å². The van der Waals surface area contributed by atoms with Gasteiger partial charge in [0.15, 0.2) is 5.78 Å². The number of Topliss-reactive ketones (excluding diaryl/α,β-unsaturated/α-hetero) is 1. The molecular weight excluding hydrogens is 142 g/mol. The van der Waals surface area contributed by atoms with Crippen molar-refractivity contribution in [1.29, 1.82) is 0 Å². The highest BCUT2D eigenvalue weighted by Gasteiger charge is 2.14. The lowest BCUT2D eigenvalue weighted by molar-refractivity contribution is 0.0986. The van der Waals surface area contributed by atoms with E-state index >= 15 is 0 Å². The quantitative estimate of drug-likeness (QED) is 0.609. The van der Waals surface area contributed by atoms with Crippen LogP contribution < -0.4 is 0 Å². The second kappa shape index (κ2) is 2.86. The molecule has 1 rings (SSSR count). The van der Waals surface area contributed by atoms with Gasteiger partial charge >= 0.3 is 0 Å². The maximum absolute atomic E-state index is 11.2. The summed E-state index contributed by atoms with van der Waals surface area (Å²) < 4.78 is 4.85. The van der Waals surface area contributed by atoms with Crippen molar-refractivity contribution in [1.82, 2.24) is 5.16 Å². The van der Waals surface area contributed by atoms with E-state index in [1.165, 1.54) is 0 Å². The first-order valence-electron chi connectivity index (χ1n) is 3.63. The Labute approximate surface area is 65.4 Å². The first-order valence-corrected chi connectivity index (χ1v) is 3.63. The molecule has 0 aliphatic carbocycles. The van der Waals surface area contributed by atoms with Crippen LogP contribution in [0.3, 0.4) is 0 Å². The second-order valence-electron chi connectivity index (χ2n) is 2.48.